The molecule has 0 bridgehead atoms. The molecule has 2 heterocycles. The van der Waals surface area contributed by atoms with Crippen LogP contribution in [-0.4, -0.2) is 16.8 Å². The van der Waals surface area contributed by atoms with Crippen molar-refractivity contribution in [2.45, 2.75) is 0 Å². The molecule has 8 heteroatoms. The van der Waals surface area contributed by atoms with Crippen LogP contribution in [0.5, 0.6) is 0 Å². The topological polar surface area (TPSA) is 86.0 Å². The number of aromatic nitrogens is 1. The minimum absolute atomic E-state index is 0.181. The van der Waals surface area contributed by atoms with E-state index in [2.05, 4.69) is 20.9 Å². The van der Waals surface area contributed by atoms with E-state index in [-0.39, 0.29) is 11.5 Å². The number of aromatic amines is 1. The Kier molecular flexibility index (Phi) is 5.39. The van der Waals surface area contributed by atoms with Gasteiger partial charge in [0.2, 0.25) is 0 Å². The maximum Gasteiger partial charge on any atom is 0.258 e. The van der Waals surface area contributed by atoms with Gasteiger partial charge in [-0.2, -0.15) is 0 Å². The first kappa shape index (κ1) is 21.1. The summed E-state index contributed by atoms with van der Waals surface area (Å²) >= 11 is 0. The fourth-order valence-corrected chi connectivity index (χ4v) is 3.72. The summed E-state index contributed by atoms with van der Waals surface area (Å²) in [6.45, 7) is 0. The van der Waals surface area contributed by atoms with Crippen LogP contribution in [-0.2, 0) is 4.79 Å². The number of amides is 2. The standard InChI is InChI=1S/C26H18F2N4O2/c27-15-6-8-21(23(28)11-15)25(33)31-18-4-1-3-17(12-18)30-19-7-9-20-22(13-16-5-2-10-29-16)26(34)32-24(20)14-19/h1-14,29-30H,(H,31,33)(H,32,34)/b22-13-. The molecule has 0 saturated heterocycles. The second-order valence-electron chi connectivity index (χ2n) is 7.68. The molecule has 34 heavy (non-hydrogen) atoms. The summed E-state index contributed by atoms with van der Waals surface area (Å²) < 4.78 is 27.0. The highest BCUT2D eigenvalue weighted by atomic mass is 19.1. The molecule has 0 radical (unpaired) electrons. The third-order valence-corrected chi connectivity index (χ3v) is 5.31. The van der Waals surface area contributed by atoms with E-state index in [1.165, 1.54) is 0 Å². The molecule has 1 aromatic heterocycles. The molecule has 4 N–H and O–H groups in total. The molecule has 0 atom stereocenters. The van der Waals surface area contributed by atoms with Crippen LogP contribution in [0.1, 0.15) is 21.6 Å². The smallest absolute Gasteiger partial charge is 0.258 e. The van der Waals surface area contributed by atoms with E-state index in [0.29, 0.717) is 28.7 Å². The van der Waals surface area contributed by atoms with Gasteiger partial charge in [-0.3, -0.25) is 9.59 Å². The lowest BCUT2D eigenvalue weighted by atomic mass is 10.1. The number of rotatable bonds is 5. The number of nitrogens with one attached hydrogen (secondary N) is 4. The predicted molar refractivity (Wildman–Crippen MR) is 128 cm³/mol. The Morgan fingerprint density at radius 3 is 2.50 bits per heavy atom. The number of hydrogen-bond donors (Lipinski definition) is 4. The predicted octanol–water partition coefficient (Wildman–Crippen LogP) is 5.78. The Balaban J connectivity index is 1.33. The minimum Gasteiger partial charge on any atom is -0.362 e. The molecule has 6 nitrogen and oxygen atoms in total. The zero-order valence-electron chi connectivity index (χ0n) is 17.7. The third-order valence-electron chi connectivity index (χ3n) is 5.31. The highest BCUT2D eigenvalue weighted by molar-refractivity contribution is 6.35. The van der Waals surface area contributed by atoms with E-state index in [9.17, 15) is 18.4 Å². The molecule has 1 aliphatic rings. The van der Waals surface area contributed by atoms with E-state index in [0.717, 1.165) is 29.1 Å². The molecule has 0 unspecified atom stereocenters. The summed E-state index contributed by atoms with van der Waals surface area (Å²) in [6.07, 6.45) is 3.59. The van der Waals surface area contributed by atoms with Crippen molar-refractivity contribution in [1.82, 2.24) is 4.98 Å². The summed E-state index contributed by atoms with van der Waals surface area (Å²) in [6, 6.07) is 18.9. The van der Waals surface area contributed by atoms with Crippen LogP contribution in [0.25, 0.3) is 11.6 Å². The summed E-state index contributed by atoms with van der Waals surface area (Å²) in [4.78, 5) is 27.9. The van der Waals surface area contributed by atoms with Crippen LogP contribution < -0.4 is 16.0 Å². The number of carbonyl (C=O) groups is 2. The van der Waals surface area contributed by atoms with Crippen LogP contribution in [0.3, 0.4) is 0 Å². The normalized spacial score (nSPS) is 13.5. The molecule has 3 aromatic carbocycles. The third kappa shape index (κ3) is 4.29. The van der Waals surface area contributed by atoms with E-state index in [1.807, 2.05) is 30.3 Å². The summed E-state index contributed by atoms with van der Waals surface area (Å²) in [5, 5.41) is 8.71. The largest absolute Gasteiger partial charge is 0.362 e. The molecule has 0 fully saturated rings. The Bertz CT molecular complexity index is 1450. The van der Waals surface area contributed by atoms with Crippen molar-refractivity contribution < 1.29 is 18.4 Å². The lowest BCUT2D eigenvalue weighted by Crippen LogP contribution is -2.14. The summed E-state index contributed by atoms with van der Waals surface area (Å²) in [5.74, 6) is -2.55. The van der Waals surface area contributed by atoms with Gasteiger partial charge in [0.25, 0.3) is 11.8 Å². The maximum absolute atomic E-state index is 13.9. The van der Waals surface area contributed by atoms with Gasteiger partial charge in [0.1, 0.15) is 11.6 Å². The van der Waals surface area contributed by atoms with Gasteiger partial charge in [-0.05, 0) is 60.7 Å². The monoisotopic (exact) mass is 456 g/mol. The number of carbonyl (C=O) groups excluding carboxylic acids is 2. The molecule has 0 spiro atoms. The van der Waals surface area contributed by atoms with Gasteiger partial charge < -0.3 is 20.9 Å². The zero-order valence-corrected chi connectivity index (χ0v) is 17.7. The minimum atomic E-state index is -0.934. The number of hydrogen-bond acceptors (Lipinski definition) is 3. The number of fused-ring (bicyclic) bond motifs is 1. The van der Waals surface area contributed by atoms with E-state index < -0.39 is 17.5 Å². The van der Waals surface area contributed by atoms with Gasteiger partial charge in [-0.25, -0.2) is 8.78 Å². The van der Waals surface area contributed by atoms with Crippen LogP contribution >= 0.6 is 0 Å². The van der Waals surface area contributed by atoms with Gasteiger partial charge >= 0.3 is 0 Å². The molecular formula is C26H18F2N4O2. The number of H-pyrrole nitrogens is 1. The van der Waals surface area contributed by atoms with E-state index >= 15 is 0 Å². The van der Waals surface area contributed by atoms with Gasteiger partial charge in [0, 0.05) is 40.6 Å². The number of benzene rings is 3. The van der Waals surface area contributed by atoms with Crippen LogP contribution in [0.4, 0.5) is 31.5 Å². The molecule has 0 aliphatic carbocycles. The quantitative estimate of drug-likeness (QED) is 0.287. The molecule has 5 rings (SSSR count). The van der Waals surface area contributed by atoms with Gasteiger partial charge in [0.05, 0.1) is 16.8 Å². The average Bonchev–Trinajstić information content (AvgIpc) is 3.42. The van der Waals surface area contributed by atoms with E-state index in [4.69, 9.17) is 0 Å². The van der Waals surface area contributed by atoms with Gasteiger partial charge in [-0.15, -0.1) is 0 Å². The Hall–Kier alpha value is -4.72. The fourth-order valence-electron chi connectivity index (χ4n) is 3.72. The summed E-state index contributed by atoms with van der Waals surface area (Å²) in [5.41, 5.74) is 4.47. The molecule has 1 aliphatic heterocycles. The van der Waals surface area contributed by atoms with Crippen LogP contribution in [0.2, 0.25) is 0 Å². The van der Waals surface area contributed by atoms with Gasteiger partial charge in [0.15, 0.2) is 0 Å². The molecule has 2 amide bonds. The summed E-state index contributed by atoms with van der Waals surface area (Å²) in [7, 11) is 0. The van der Waals surface area contributed by atoms with Crippen molar-refractivity contribution in [3.63, 3.8) is 0 Å². The maximum atomic E-state index is 13.9. The highest BCUT2D eigenvalue weighted by Gasteiger charge is 2.24. The Morgan fingerprint density at radius 2 is 1.71 bits per heavy atom. The molecule has 168 valence electrons. The number of halogens is 2. The van der Waals surface area contributed by atoms with Crippen molar-refractivity contribution in [2.24, 2.45) is 0 Å². The lowest BCUT2D eigenvalue weighted by molar-refractivity contribution is -0.110. The molecule has 0 saturated carbocycles. The Labute approximate surface area is 193 Å². The first-order chi connectivity index (χ1) is 16.5. The average molecular weight is 456 g/mol. The highest BCUT2D eigenvalue weighted by Crippen LogP contribution is 2.35. The van der Waals surface area contributed by atoms with Crippen molar-refractivity contribution in [3.05, 3.63) is 107 Å². The fraction of sp³-hybridized carbons (Fsp3) is 0. The van der Waals surface area contributed by atoms with Crippen molar-refractivity contribution in [3.8, 4) is 0 Å². The van der Waals surface area contributed by atoms with Crippen molar-refractivity contribution in [1.29, 1.82) is 0 Å². The van der Waals surface area contributed by atoms with Crippen molar-refractivity contribution >= 4 is 46.2 Å². The molecule has 4 aromatic rings. The first-order valence-corrected chi connectivity index (χ1v) is 10.4. The van der Waals surface area contributed by atoms with E-state index in [1.54, 1.807) is 36.5 Å². The second kappa shape index (κ2) is 8.67. The van der Waals surface area contributed by atoms with Crippen molar-refractivity contribution in [2.75, 3.05) is 16.0 Å². The Morgan fingerprint density at radius 1 is 0.882 bits per heavy atom. The van der Waals surface area contributed by atoms with Crippen LogP contribution in [0.15, 0.2) is 79.0 Å². The van der Waals surface area contributed by atoms with Crippen LogP contribution in [0, 0.1) is 11.6 Å². The molecular weight excluding hydrogens is 438 g/mol. The number of anilines is 4. The first-order valence-electron chi connectivity index (χ1n) is 10.4. The van der Waals surface area contributed by atoms with Gasteiger partial charge in [-0.1, -0.05) is 12.1 Å². The SMILES string of the molecule is O=C1Nc2cc(Nc3cccc(NC(=O)c4ccc(F)cc4F)c3)ccc2/C1=C/c1ccc[nH]1. The second-order valence-corrected chi connectivity index (χ2v) is 7.68. The lowest BCUT2D eigenvalue weighted by Gasteiger charge is -2.11. The zero-order chi connectivity index (χ0) is 23.7.